The van der Waals surface area contributed by atoms with Crippen LogP contribution in [-0.2, 0) is 14.3 Å². The minimum Gasteiger partial charge on any atom is -0.455 e. The number of rotatable bonds is 6. The van der Waals surface area contributed by atoms with Crippen molar-refractivity contribution in [3.05, 3.63) is 29.3 Å². The summed E-state index contributed by atoms with van der Waals surface area (Å²) in [5, 5.41) is 2.91. The Morgan fingerprint density at radius 1 is 1.16 bits per heavy atom. The first-order valence-corrected chi connectivity index (χ1v) is 9.23. The third kappa shape index (κ3) is 4.12. The summed E-state index contributed by atoms with van der Waals surface area (Å²) in [5.41, 5.74) is 1.98. The molecule has 25 heavy (non-hydrogen) atoms. The molecule has 1 fully saturated rings. The normalized spacial score (nSPS) is 21.3. The van der Waals surface area contributed by atoms with Gasteiger partial charge in [-0.2, -0.15) is 0 Å². The number of para-hydroxylation sites is 1. The summed E-state index contributed by atoms with van der Waals surface area (Å²) in [5.74, 6) is -0.402. The second kappa shape index (κ2) is 7.16. The number of esters is 1. The maximum atomic E-state index is 12.3. The third-order valence-electron chi connectivity index (χ3n) is 4.68. The van der Waals surface area contributed by atoms with Crippen LogP contribution in [0.25, 0.3) is 0 Å². The first-order valence-electron chi connectivity index (χ1n) is 8.47. The minimum atomic E-state index is -1.10. The Labute approximate surface area is 159 Å². The molecule has 0 heterocycles. The molecule has 0 spiro atoms. The molecule has 1 aromatic carbocycles. The van der Waals surface area contributed by atoms with Crippen molar-refractivity contribution in [2.45, 2.75) is 57.2 Å². The second-order valence-corrected chi connectivity index (χ2v) is 8.94. The van der Waals surface area contributed by atoms with Gasteiger partial charge in [-0.05, 0) is 29.9 Å². The van der Waals surface area contributed by atoms with E-state index in [-0.39, 0.29) is 24.3 Å². The number of amides is 1. The lowest BCUT2D eigenvalue weighted by Crippen LogP contribution is -2.27. The fourth-order valence-electron chi connectivity index (χ4n) is 2.78. The topological polar surface area (TPSA) is 55.4 Å². The van der Waals surface area contributed by atoms with Crippen LogP contribution in [0, 0.1) is 5.41 Å². The van der Waals surface area contributed by atoms with Crippen molar-refractivity contribution in [2.75, 3.05) is 11.9 Å². The Kier molecular flexibility index (Phi) is 5.75. The molecule has 1 atom stereocenters. The zero-order chi connectivity index (χ0) is 19.0. The van der Waals surface area contributed by atoms with Crippen molar-refractivity contribution in [1.29, 1.82) is 0 Å². The molecule has 0 saturated heterocycles. The van der Waals surface area contributed by atoms with Crippen LogP contribution in [0.5, 0.6) is 0 Å². The molecule has 0 aliphatic heterocycles. The maximum absolute atomic E-state index is 12.3. The molecular formula is C19H25Cl2NO3. The molecule has 0 bridgehead atoms. The van der Waals surface area contributed by atoms with Crippen molar-refractivity contribution < 1.29 is 14.3 Å². The van der Waals surface area contributed by atoms with Crippen molar-refractivity contribution in [1.82, 2.24) is 0 Å². The van der Waals surface area contributed by atoms with E-state index < -0.39 is 15.7 Å². The first kappa shape index (κ1) is 20.1. The SMILES string of the molecule is CC(C)c1cccc(C(C)C)c1NC(=O)COC(=O)[C@]1(C)CC1(Cl)Cl. The van der Waals surface area contributed by atoms with E-state index in [0.29, 0.717) is 6.42 Å². The summed E-state index contributed by atoms with van der Waals surface area (Å²) in [7, 11) is 0. The molecular weight excluding hydrogens is 361 g/mol. The second-order valence-electron chi connectivity index (χ2n) is 7.46. The van der Waals surface area contributed by atoms with Gasteiger partial charge in [0.2, 0.25) is 0 Å². The van der Waals surface area contributed by atoms with Crippen LogP contribution in [0.4, 0.5) is 5.69 Å². The predicted octanol–water partition coefficient (Wildman–Crippen LogP) is 5.00. The Balaban J connectivity index is 2.07. The number of nitrogens with one attached hydrogen (secondary N) is 1. The van der Waals surface area contributed by atoms with Crippen LogP contribution in [0.1, 0.15) is 64.0 Å². The molecule has 4 nitrogen and oxygen atoms in total. The molecule has 1 saturated carbocycles. The summed E-state index contributed by atoms with van der Waals surface area (Å²) in [6.45, 7) is 9.57. The average molecular weight is 386 g/mol. The van der Waals surface area contributed by atoms with Gasteiger partial charge in [-0.25, -0.2) is 0 Å². The standard InChI is InChI=1S/C19H25Cl2NO3/c1-11(2)13-7-6-8-14(12(3)4)16(13)22-15(23)9-25-17(24)18(5)10-19(18,20)21/h6-8,11-12H,9-10H2,1-5H3,(H,22,23)/t18-/m0/s1. The number of ether oxygens (including phenoxy) is 1. The lowest BCUT2D eigenvalue weighted by atomic mass is 9.92. The predicted molar refractivity (Wildman–Crippen MR) is 101 cm³/mol. The van der Waals surface area contributed by atoms with Crippen molar-refractivity contribution >= 4 is 40.8 Å². The van der Waals surface area contributed by atoms with Crippen molar-refractivity contribution in [2.24, 2.45) is 5.41 Å². The van der Waals surface area contributed by atoms with Gasteiger partial charge in [-0.3, -0.25) is 9.59 Å². The smallest absolute Gasteiger partial charge is 0.315 e. The summed E-state index contributed by atoms with van der Waals surface area (Å²) in [6.07, 6.45) is 0.331. The quantitative estimate of drug-likeness (QED) is 0.553. The Morgan fingerprint density at radius 2 is 1.64 bits per heavy atom. The number of alkyl halides is 2. The van der Waals surface area contributed by atoms with Gasteiger partial charge in [0.05, 0.1) is 0 Å². The molecule has 0 aromatic heterocycles. The minimum absolute atomic E-state index is 0.259. The number of benzene rings is 1. The fourth-order valence-corrected chi connectivity index (χ4v) is 3.47. The summed E-state index contributed by atoms with van der Waals surface area (Å²) in [6, 6.07) is 5.99. The lowest BCUT2D eigenvalue weighted by molar-refractivity contribution is -0.152. The number of carbonyl (C=O) groups excluding carboxylic acids is 2. The van der Waals surface area contributed by atoms with E-state index >= 15 is 0 Å². The average Bonchev–Trinajstić information content (AvgIpc) is 3.04. The number of carbonyl (C=O) groups is 2. The number of anilines is 1. The van der Waals surface area contributed by atoms with Crippen LogP contribution < -0.4 is 5.32 Å². The molecule has 0 radical (unpaired) electrons. The van der Waals surface area contributed by atoms with Gasteiger partial charge in [-0.15, -0.1) is 23.2 Å². The van der Waals surface area contributed by atoms with Crippen LogP contribution in [0.3, 0.4) is 0 Å². The van der Waals surface area contributed by atoms with Gasteiger partial charge in [0.25, 0.3) is 5.91 Å². The van der Waals surface area contributed by atoms with Crippen LogP contribution in [0.2, 0.25) is 0 Å². The van der Waals surface area contributed by atoms with E-state index in [0.717, 1.165) is 16.8 Å². The molecule has 1 N–H and O–H groups in total. The number of hydrogen-bond donors (Lipinski definition) is 1. The van der Waals surface area contributed by atoms with E-state index in [4.69, 9.17) is 27.9 Å². The van der Waals surface area contributed by atoms with E-state index in [9.17, 15) is 9.59 Å². The first-order chi connectivity index (χ1) is 11.5. The van der Waals surface area contributed by atoms with Gasteiger partial charge >= 0.3 is 5.97 Å². The highest BCUT2D eigenvalue weighted by atomic mass is 35.5. The third-order valence-corrected chi connectivity index (χ3v) is 5.78. The molecule has 1 amide bonds. The lowest BCUT2D eigenvalue weighted by Gasteiger charge is -2.20. The highest BCUT2D eigenvalue weighted by Crippen LogP contribution is 2.64. The molecule has 1 aliphatic carbocycles. The number of hydrogen-bond acceptors (Lipinski definition) is 3. The largest absolute Gasteiger partial charge is 0.455 e. The monoisotopic (exact) mass is 385 g/mol. The van der Waals surface area contributed by atoms with Crippen molar-refractivity contribution in [3.63, 3.8) is 0 Å². The summed E-state index contributed by atoms with van der Waals surface area (Å²) in [4.78, 5) is 24.4. The zero-order valence-electron chi connectivity index (χ0n) is 15.3. The van der Waals surface area contributed by atoms with E-state index in [1.807, 2.05) is 18.2 Å². The van der Waals surface area contributed by atoms with E-state index in [1.54, 1.807) is 6.92 Å². The van der Waals surface area contributed by atoms with E-state index in [1.165, 1.54) is 0 Å². The van der Waals surface area contributed by atoms with Crippen LogP contribution in [0.15, 0.2) is 18.2 Å². The molecule has 0 unspecified atom stereocenters. The van der Waals surface area contributed by atoms with Gasteiger partial charge in [-0.1, -0.05) is 45.9 Å². The molecule has 6 heteroatoms. The van der Waals surface area contributed by atoms with Crippen LogP contribution in [-0.4, -0.2) is 22.8 Å². The van der Waals surface area contributed by atoms with Crippen LogP contribution >= 0.6 is 23.2 Å². The Morgan fingerprint density at radius 3 is 2.04 bits per heavy atom. The zero-order valence-corrected chi connectivity index (χ0v) is 16.8. The molecule has 2 rings (SSSR count). The highest BCUT2D eigenvalue weighted by molar-refractivity contribution is 6.53. The maximum Gasteiger partial charge on any atom is 0.315 e. The van der Waals surface area contributed by atoms with E-state index in [2.05, 4.69) is 33.0 Å². The Hall–Kier alpha value is -1.26. The van der Waals surface area contributed by atoms with Gasteiger partial charge in [0.1, 0.15) is 9.75 Å². The van der Waals surface area contributed by atoms with Gasteiger partial charge < -0.3 is 10.1 Å². The molecule has 1 aromatic rings. The Bertz CT molecular complexity index is 659. The van der Waals surface area contributed by atoms with Gasteiger partial charge in [0, 0.05) is 12.1 Å². The highest BCUT2D eigenvalue weighted by Gasteiger charge is 2.69. The summed E-state index contributed by atoms with van der Waals surface area (Å²) >= 11 is 11.9. The fraction of sp³-hybridized carbons (Fsp3) is 0.579. The summed E-state index contributed by atoms with van der Waals surface area (Å²) < 4.78 is 4.02. The molecule has 138 valence electrons. The van der Waals surface area contributed by atoms with Gasteiger partial charge in [0.15, 0.2) is 6.61 Å². The number of halogens is 2. The molecule has 1 aliphatic rings. The van der Waals surface area contributed by atoms with Crippen molar-refractivity contribution in [3.8, 4) is 0 Å².